The second kappa shape index (κ2) is 6.00. The Morgan fingerprint density at radius 1 is 1.38 bits per heavy atom. The number of rotatable bonds is 5. The van der Waals surface area contributed by atoms with Crippen LogP contribution in [0.2, 0.25) is 0 Å². The van der Waals surface area contributed by atoms with Crippen LogP contribution in [0, 0.1) is 5.92 Å². The van der Waals surface area contributed by atoms with E-state index in [0.717, 1.165) is 24.9 Å². The molecule has 1 fully saturated rings. The largest absolute Gasteiger partial charge is 0.313 e. The molecular formula is C14H22N2. The van der Waals surface area contributed by atoms with Gasteiger partial charge in [-0.2, -0.15) is 0 Å². The highest BCUT2D eigenvalue weighted by Gasteiger charge is 2.24. The van der Waals surface area contributed by atoms with E-state index in [1.165, 1.54) is 31.4 Å². The van der Waals surface area contributed by atoms with Gasteiger partial charge in [-0.15, -0.1) is 0 Å². The molecule has 1 aromatic rings. The number of pyridine rings is 1. The van der Waals surface area contributed by atoms with Crippen LogP contribution in [-0.2, 0) is 6.42 Å². The lowest BCUT2D eigenvalue weighted by Gasteiger charge is -2.19. The monoisotopic (exact) mass is 218 g/mol. The molecule has 0 aliphatic heterocycles. The fourth-order valence-electron chi connectivity index (χ4n) is 2.73. The minimum Gasteiger partial charge on any atom is -0.313 e. The molecule has 2 nitrogen and oxygen atoms in total. The molecule has 1 heterocycles. The SMILES string of the molecule is CCC1CCCC1NCCc1ccccn1. The highest BCUT2D eigenvalue weighted by atomic mass is 14.9. The van der Waals surface area contributed by atoms with E-state index in [1.54, 1.807) is 0 Å². The van der Waals surface area contributed by atoms with E-state index in [4.69, 9.17) is 0 Å². The number of hydrogen-bond acceptors (Lipinski definition) is 2. The zero-order chi connectivity index (χ0) is 11.2. The van der Waals surface area contributed by atoms with Gasteiger partial charge < -0.3 is 5.32 Å². The predicted molar refractivity (Wildman–Crippen MR) is 67.4 cm³/mol. The first kappa shape index (κ1) is 11.6. The van der Waals surface area contributed by atoms with Crippen molar-refractivity contribution in [1.82, 2.24) is 10.3 Å². The van der Waals surface area contributed by atoms with Gasteiger partial charge in [0, 0.05) is 30.9 Å². The van der Waals surface area contributed by atoms with Crippen LogP contribution in [0.3, 0.4) is 0 Å². The van der Waals surface area contributed by atoms with Crippen LogP contribution in [0.15, 0.2) is 24.4 Å². The molecule has 1 aliphatic carbocycles. The number of hydrogen-bond donors (Lipinski definition) is 1. The Bertz CT molecular complexity index is 297. The molecule has 2 atom stereocenters. The van der Waals surface area contributed by atoms with Crippen molar-refractivity contribution in [2.45, 2.75) is 45.1 Å². The van der Waals surface area contributed by atoms with Crippen molar-refractivity contribution in [3.63, 3.8) is 0 Å². The maximum absolute atomic E-state index is 4.34. The van der Waals surface area contributed by atoms with Gasteiger partial charge >= 0.3 is 0 Å². The molecule has 0 amide bonds. The predicted octanol–water partition coefficient (Wildman–Crippen LogP) is 2.79. The van der Waals surface area contributed by atoms with Crippen molar-refractivity contribution >= 4 is 0 Å². The first-order chi connectivity index (χ1) is 7.90. The Balaban J connectivity index is 1.72. The molecule has 0 bridgehead atoms. The lowest BCUT2D eigenvalue weighted by atomic mass is 10.0. The topological polar surface area (TPSA) is 24.9 Å². The summed E-state index contributed by atoms with van der Waals surface area (Å²) in [6, 6.07) is 6.90. The van der Waals surface area contributed by atoms with Gasteiger partial charge in [0.25, 0.3) is 0 Å². The third kappa shape index (κ3) is 3.05. The van der Waals surface area contributed by atoms with E-state index < -0.39 is 0 Å². The summed E-state index contributed by atoms with van der Waals surface area (Å²) in [4.78, 5) is 4.34. The van der Waals surface area contributed by atoms with Crippen molar-refractivity contribution in [3.8, 4) is 0 Å². The van der Waals surface area contributed by atoms with Crippen LogP contribution in [0.5, 0.6) is 0 Å². The highest BCUT2D eigenvalue weighted by molar-refractivity contribution is 5.03. The Kier molecular flexibility index (Phi) is 4.34. The molecule has 1 N–H and O–H groups in total. The molecular weight excluding hydrogens is 196 g/mol. The van der Waals surface area contributed by atoms with E-state index in [0.29, 0.717) is 0 Å². The molecule has 1 aliphatic rings. The summed E-state index contributed by atoms with van der Waals surface area (Å²) < 4.78 is 0. The van der Waals surface area contributed by atoms with Crippen LogP contribution in [0.4, 0.5) is 0 Å². The van der Waals surface area contributed by atoms with E-state index in [9.17, 15) is 0 Å². The van der Waals surface area contributed by atoms with Gasteiger partial charge in [0.05, 0.1) is 0 Å². The Hall–Kier alpha value is -0.890. The maximum Gasteiger partial charge on any atom is 0.0416 e. The second-order valence-electron chi connectivity index (χ2n) is 4.73. The molecule has 0 radical (unpaired) electrons. The summed E-state index contributed by atoms with van der Waals surface area (Å²) in [6.45, 7) is 3.38. The zero-order valence-electron chi connectivity index (χ0n) is 10.2. The van der Waals surface area contributed by atoms with E-state index in [2.05, 4.69) is 29.4 Å². The molecule has 0 aromatic carbocycles. The van der Waals surface area contributed by atoms with Gasteiger partial charge in [-0.05, 0) is 30.9 Å². The molecule has 16 heavy (non-hydrogen) atoms. The summed E-state index contributed by atoms with van der Waals surface area (Å²) in [6.07, 6.45) is 8.42. The molecule has 1 aromatic heterocycles. The third-order valence-electron chi connectivity index (χ3n) is 3.70. The van der Waals surface area contributed by atoms with Crippen molar-refractivity contribution in [2.75, 3.05) is 6.54 Å². The Labute approximate surface area is 98.5 Å². The van der Waals surface area contributed by atoms with Gasteiger partial charge in [0.15, 0.2) is 0 Å². The van der Waals surface area contributed by atoms with E-state index in [1.807, 2.05) is 12.3 Å². The van der Waals surface area contributed by atoms with Gasteiger partial charge in [-0.1, -0.05) is 25.8 Å². The molecule has 0 spiro atoms. The van der Waals surface area contributed by atoms with Gasteiger partial charge in [0.2, 0.25) is 0 Å². The molecule has 1 saturated carbocycles. The molecule has 0 saturated heterocycles. The summed E-state index contributed by atoms with van der Waals surface area (Å²) in [7, 11) is 0. The Morgan fingerprint density at radius 2 is 2.31 bits per heavy atom. The summed E-state index contributed by atoms with van der Waals surface area (Å²) in [5.74, 6) is 0.906. The number of nitrogens with one attached hydrogen (secondary N) is 1. The Morgan fingerprint density at radius 3 is 3.06 bits per heavy atom. The van der Waals surface area contributed by atoms with Crippen LogP contribution in [0.25, 0.3) is 0 Å². The van der Waals surface area contributed by atoms with Crippen molar-refractivity contribution in [2.24, 2.45) is 5.92 Å². The quantitative estimate of drug-likeness (QED) is 0.822. The standard InChI is InChI=1S/C14H22N2/c1-2-12-6-5-8-14(12)16-11-9-13-7-3-4-10-15-13/h3-4,7,10,12,14,16H,2,5-6,8-9,11H2,1H3. The number of aromatic nitrogens is 1. The van der Waals surface area contributed by atoms with E-state index >= 15 is 0 Å². The fraction of sp³-hybridized carbons (Fsp3) is 0.643. The second-order valence-corrected chi connectivity index (χ2v) is 4.73. The maximum atomic E-state index is 4.34. The van der Waals surface area contributed by atoms with Crippen LogP contribution < -0.4 is 5.32 Å². The fourth-order valence-corrected chi connectivity index (χ4v) is 2.73. The van der Waals surface area contributed by atoms with E-state index in [-0.39, 0.29) is 0 Å². The highest BCUT2D eigenvalue weighted by Crippen LogP contribution is 2.27. The normalized spacial score (nSPS) is 24.8. The lowest BCUT2D eigenvalue weighted by Crippen LogP contribution is -2.33. The average molecular weight is 218 g/mol. The number of nitrogens with zero attached hydrogens (tertiary/aromatic N) is 1. The van der Waals surface area contributed by atoms with Gasteiger partial charge in [-0.25, -0.2) is 0 Å². The van der Waals surface area contributed by atoms with Crippen LogP contribution in [-0.4, -0.2) is 17.6 Å². The molecule has 2 unspecified atom stereocenters. The van der Waals surface area contributed by atoms with Crippen molar-refractivity contribution in [1.29, 1.82) is 0 Å². The molecule has 88 valence electrons. The van der Waals surface area contributed by atoms with Gasteiger partial charge in [-0.3, -0.25) is 4.98 Å². The van der Waals surface area contributed by atoms with Crippen LogP contribution >= 0.6 is 0 Å². The molecule has 2 heteroatoms. The summed E-state index contributed by atoms with van der Waals surface area (Å²) in [5.41, 5.74) is 1.20. The lowest BCUT2D eigenvalue weighted by molar-refractivity contribution is 0.392. The zero-order valence-corrected chi connectivity index (χ0v) is 10.2. The van der Waals surface area contributed by atoms with Gasteiger partial charge in [0.1, 0.15) is 0 Å². The van der Waals surface area contributed by atoms with Crippen molar-refractivity contribution in [3.05, 3.63) is 30.1 Å². The third-order valence-corrected chi connectivity index (χ3v) is 3.70. The average Bonchev–Trinajstić information content (AvgIpc) is 2.78. The first-order valence-electron chi connectivity index (χ1n) is 6.53. The smallest absolute Gasteiger partial charge is 0.0416 e. The molecule has 2 rings (SSSR count). The van der Waals surface area contributed by atoms with Crippen molar-refractivity contribution < 1.29 is 0 Å². The summed E-state index contributed by atoms with van der Waals surface area (Å²) in [5, 5.41) is 3.69. The summed E-state index contributed by atoms with van der Waals surface area (Å²) >= 11 is 0. The first-order valence-corrected chi connectivity index (χ1v) is 6.53. The van der Waals surface area contributed by atoms with Crippen LogP contribution in [0.1, 0.15) is 38.3 Å². The minimum absolute atomic E-state index is 0.758. The minimum atomic E-state index is 0.758.